The van der Waals surface area contributed by atoms with Crippen LogP contribution < -0.4 is 16.4 Å². The van der Waals surface area contributed by atoms with E-state index in [4.69, 9.17) is 32.6 Å². The third-order valence-electron chi connectivity index (χ3n) is 5.50. The second kappa shape index (κ2) is 15.1. The number of aryl methyl sites for hydroxylation is 1. The fourth-order valence-corrected chi connectivity index (χ4v) is 3.79. The number of carboxylic acid groups (broad SMARTS) is 1. The Morgan fingerprint density at radius 1 is 0.973 bits per heavy atom. The molecule has 0 aliphatic heterocycles. The Bertz CT molecular complexity index is 1170. The first-order chi connectivity index (χ1) is 17.7. The first-order valence-electron chi connectivity index (χ1n) is 11.7. The normalized spacial score (nSPS) is 11.7. The van der Waals surface area contributed by atoms with E-state index in [1.165, 1.54) is 0 Å². The standard InChI is InChI=1S/C27H29ClN4O2.CH2O2/c1-18(17-20-7-12-22(28)13-8-20)31-26(33)24(16-9-19-5-3-2-4-6-19)27(34)32-23-14-10-21(11-15-23)25(29)30;2-1-3/h2-8,10-15,18,24H,9,16-17H2,1H3,(H3,29,30)(H,31,33)(H,32,34);1H,(H,2,3). The van der Waals surface area contributed by atoms with Gasteiger partial charge in [-0.15, -0.1) is 0 Å². The van der Waals surface area contributed by atoms with Crippen molar-refractivity contribution in [3.05, 3.63) is 101 Å². The number of rotatable bonds is 10. The number of nitrogens with one attached hydrogen (secondary N) is 3. The van der Waals surface area contributed by atoms with Crippen LogP contribution >= 0.6 is 11.6 Å². The highest BCUT2D eigenvalue weighted by atomic mass is 35.5. The molecule has 0 fully saturated rings. The van der Waals surface area contributed by atoms with Gasteiger partial charge in [0.25, 0.3) is 6.47 Å². The van der Waals surface area contributed by atoms with Crippen molar-refractivity contribution in [2.75, 3.05) is 5.32 Å². The van der Waals surface area contributed by atoms with E-state index >= 15 is 0 Å². The van der Waals surface area contributed by atoms with Gasteiger partial charge in [-0.25, -0.2) is 0 Å². The minimum atomic E-state index is -0.861. The molecule has 37 heavy (non-hydrogen) atoms. The lowest BCUT2D eigenvalue weighted by Crippen LogP contribution is -2.43. The Morgan fingerprint density at radius 2 is 1.57 bits per heavy atom. The Morgan fingerprint density at radius 3 is 2.14 bits per heavy atom. The summed E-state index contributed by atoms with van der Waals surface area (Å²) in [6.07, 6.45) is 1.60. The molecule has 2 unspecified atom stereocenters. The number of amides is 2. The molecular formula is C28H31ClN4O4. The average molecular weight is 523 g/mol. The van der Waals surface area contributed by atoms with E-state index in [0.29, 0.717) is 35.5 Å². The predicted molar refractivity (Wildman–Crippen MR) is 146 cm³/mol. The second-order valence-corrected chi connectivity index (χ2v) is 8.84. The molecule has 0 bridgehead atoms. The van der Waals surface area contributed by atoms with Crippen molar-refractivity contribution in [3.8, 4) is 0 Å². The van der Waals surface area contributed by atoms with E-state index in [1.807, 2.05) is 61.5 Å². The van der Waals surface area contributed by atoms with Crippen LogP contribution in [-0.4, -0.2) is 35.3 Å². The molecule has 0 heterocycles. The summed E-state index contributed by atoms with van der Waals surface area (Å²) in [6, 6.07) is 23.8. The molecule has 3 aromatic carbocycles. The van der Waals surface area contributed by atoms with Crippen LogP contribution in [0.4, 0.5) is 5.69 Å². The summed E-state index contributed by atoms with van der Waals surface area (Å²) in [6.45, 7) is 1.67. The zero-order valence-electron chi connectivity index (χ0n) is 20.5. The summed E-state index contributed by atoms with van der Waals surface area (Å²) in [7, 11) is 0. The van der Waals surface area contributed by atoms with Crippen LogP contribution in [0, 0.1) is 11.3 Å². The molecule has 0 saturated carbocycles. The van der Waals surface area contributed by atoms with E-state index in [2.05, 4.69) is 10.6 Å². The van der Waals surface area contributed by atoms with Gasteiger partial charge >= 0.3 is 0 Å². The molecule has 0 aromatic heterocycles. The van der Waals surface area contributed by atoms with Crippen molar-refractivity contribution in [1.29, 1.82) is 5.41 Å². The number of amidine groups is 1. The summed E-state index contributed by atoms with van der Waals surface area (Å²) >= 11 is 5.95. The van der Waals surface area contributed by atoms with Gasteiger partial charge in [-0.2, -0.15) is 0 Å². The molecule has 2 atom stereocenters. The number of nitrogens with two attached hydrogens (primary N) is 1. The monoisotopic (exact) mass is 522 g/mol. The molecule has 0 aliphatic carbocycles. The summed E-state index contributed by atoms with van der Waals surface area (Å²) in [4.78, 5) is 34.6. The van der Waals surface area contributed by atoms with Crippen molar-refractivity contribution in [2.24, 2.45) is 11.7 Å². The van der Waals surface area contributed by atoms with Gasteiger partial charge in [-0.05, 0) is 73.7 Å². The molecule has 8 nitrogen and oxygen atoms in total. The van der Waals surface area contributed by atoms with Gasteiger partial charge < -0.3 is 21.5 Å². The Kier molecular flexibility index (Phi) is 11.8. The fourth-order valence-electron chi connectivity index (χ4n) is 3.67. The maximum Gasteiger partial charge on any atom is 0.290 e. The third kappa shape index (κ3) is 10.1. The first kappa shape index (κ1) is 29.1. The largest absolute Gasteiger partial charge is 0.483 e. The molecular weight excluding hydrogens is 492 g/mol. The predicted octanol–water partition coefficient (Wildman–Crippen LogP) is 4.26. The Balaban J connectivity index is 0.00000153. The van der Waals surface area contributed by atoms with Gasteiger partial charge in [0.15, 0.2) is 0 Å². The Labute approximate surface area is 221 Å². The highest BCUT2D eigenvalue weighted by Crippen LogP contribution is 2.17. The number of benzene rings is 3. The Hall–Kier alpha value is -4.17. The number of hydrogen-bond donors (Lipinski definition) is 5. The molecule has 2 amide bonds. The highest BCUT2D eigenvalue weighted by molar-refractivity contribution is 6.30. The molecule has 9 heteroatoms. The van der Waals surface area contributed by atoms with Crippen LogP contribution in [0.1, 0.15) is 30.0 Å². The van der Waals surface area contributed by atoms with E-state index in [9.17, 15) is 9.59 Å². The van der Waals surface area contributed by atoms with Crippen LogP contribution in [0.3, 0.4) is 0 Å². The summed E-state index contributed by atoms with van der Waals surface area (Å²) in [5, 5.41) is 20.9. The van der Waals surface area contributed by atoms with Crippen molar-refractivity contribution < 1.29 is 19.5 Å². The lowest BCUT2D eigenvalue weighted by molar-refractivity contribution is -0.133. The summed E-state index contributed by atoms with van der Waals surface area (Å²) in [5.74, 6) is -1.59. The van der Waals surface area contributed by atoms with Gasteiger partial charge in [-0.1, -0.05) is 54.1 Å². The van der Waals surface area contributed by atoms with Crippen molar-refractivity contribution >= 4 is 41.4 Å². The number of hydrogen-bond acceptors (Lipinski definition) is 4. The van der Waals surface area contributed by atoms with Crippen LogP contribution in [0.25, 0.3) is 0 Å². The molecule has 0 saturated heterocycles. The number of anilines is 1. The minimum Gasteiger partial charge on any atom is -0.483 e. The van der Waals surface area contributed by atoms with Gasteiger partial charge in [-0.3, -0.25) is 19.8 Å². The van der Waals surface area contributed by atoms with Crippen LogP contribution in [-0.2, 0) is 27.2 Å². The molecule has 0 spiro atoms. The zero-order chi connectivity index (χ0) is 27.2. The van der Waals surface area contributed by atoms with Gasteiger partial charge in [0.05, 0.1) is 0 Å². The number of carbonyl (C=O) groups is 3. The minimum absolute atomic E-state index is 0.0485. The van der Waals surface area contributed by atoms with Gasteiger partial charge in [0.1, 0.15) is 11.8 Å². The van der Waals surface area contributed by atoms with Gasteiger partial charge in [0, 0.05) is 22.3 Å². The van der Waals surface area contributed by atoms with Crippen LogP contribution in [0.15, 0.2) is 78.9 Å². The SMILES string of the molecule is CC(Cc1ccc(Cl)cc1)NC(=O)C(CCc1ccccc1)C(=O)Nc1ccc(C(=N)N)cc1.O=CO. The van der Waals surface area contributed by atoms with E-state index in [-0.39, 0.29) is 30.2 Å². The van der Waals surface area contributed by atoms with Crippen molar-refractivity contribution in [3.63, 3.8) is 0 Å². The molecule has 0 radical (unpaired) electrons. The van der Waals surface area contributed by atoms with Crippen molar-refractivity contribution in [2.45, 2.75) is 32.2 Å². The van der Waals surface area contributed by atoms with Crippen molar-refractivity contribution in [1.82, 2.24) is 5.32 Å². The van der Waals surface area contributed by atoms with Crippen LogP contribution in [0.5, 0.6) is 0 Å². The van der Waals surface area contributed by atoms with Gasteiger partial charge in [0.2, 0.25) is 11.8 Å². The zero-order valence-corrected chi connectivity index (χ0v) is 21.2. The summed E-state index contributed by atoms with van der Waals surface area (Å²) < 4.78 is 0. The van der Waals surface area contributed by atoms with Crippen LogP contribution in [0.2, 0.25) is 5.02 Å². The molecule has 3 aromatic rings. The highest BCUT2D eigenvalue weighted by Gasteiger charge is 2.27. The summed E-state index contributed by atoms with van der Waals surface area (Å²) in [5.41, 5.74) is 8.71. The fraction of sp³-hybridized carbons (Fsp3) is 0.214. The molecule has 194 valence electrons. The number of carbonyl (C=O) groups excluding carboxylic acids is 2. The molecule has 6 N–H and O–H groups in total. The maximum absolute atomic E-state index is 13.2. The first-order valence-corrected chi connectivity index (χ1v) is 12.0. The van der Waals surface area contributed by atoms with E-state index in [0.717, 1.165) is 11.1 Å². The smallest absolute Gasteiger partial charge is 0.290 e. The molecule has 0 aliphatic rings. The maximum atomic E-state index is 13.2. The molecule has 3 rings (SSSR count). The third-order valence-corrected chi connectivity index (χ3v) is 5.76. The van der Waals surface area contributed by atoms with E-state index in [1.54, 1.807) is 24.3 Å². The lowest BCUT2D eigenvalue weighted by atomic mass is 9.96. The lowest BCUT2D eigenvalue weighted by Gasteiger charge is -2.20. The number of halogens is 1. The number of nitrogen functional groups attached to an aromatic ring is 1. The van der Waals surface area contributed by atoms with E-state index < -0.39 is 5.92 Å². The quantitative estimate of drug-likeness (QED) is 0.117. The topological polar surface area (TPSA) is 145 Å². The average Bonchev–Trinajstić information content (AvgIpc) is 2.87. The second-order valence-electron chi connectivity index (χ2n) is 8.40.